The van der Waals surface area contributed by atoms with Crippen LogP contribution in [0.2, 0.25) is 0 Å². The van der Waals surface area contributed by atoms with E-state index >= 15 is 0 Å². The van der Waals surface area contributed by atoms with E-state index in [1.54, 1.807) is 0 Å². The molecule has 0 saturated heterocycles. The maximum Gasteiger partial charge on any atom is 0.328 e. The van der Waals surface area contributed by atoms with Gasteiger partial charge in [0.2, 0.25) is 17.7 Å². The van der Waals surface area contributed by atoms with Crippen molar-refractivity contribution in [3.63, 3.8) is 0 Å². The number of carboxylic acids is 1. The highest BCUT2D eigenvalue weighted by Crippen LogP contribution is 2.03. The highest BCUT2D eigenvalue weighted by Gasteiger charge is 2.29. The molecule has 0 aliphatic heterocycles. The lowest BCUT2D eigenvalue weighted by molar-refractivity contribution is -0.143. The normalized spacial score (nSPS) is 14.3. The summed E-state index contributed by atoms with van der Waals surface area (Å²) in [5.41, 5.74) is 21.6. The molecule has 0 aromatic heterocycles. The predicted octanol–water partition coefficient (Wildman–Crippen LogP) is -4.98. The van der Waals surface area contributed by atoms with Crippen molar-refractivity contribution < 1.29 is 34.5 Å². The molecule has 0 rings (SSSR count). The van der Waals surface area contributed by atoms with Gasteiger partial charge in [0.25, 0.3) is 0 Å². The molecular weight excluding hydrogens is 440 g/mol. The molecule has 0 aromatic carbocycles. The molecule has 15 nitrogen and oxygen atoms in total. The minimum atomic E-state index is -1.56. The van der Waals surface area contributed by atoms with Crippen LogP contribution >= 0.6 is 0 Å². The molecule has 0 aliphatic carbocycles. The van der Waals surface area contributed by atoms with Gasteiger partial charge in [-0.2, -0.15) is 0 Å². The Morgan fingerprint density at radius 2 is 1.33 bits per heavy atom. The van der Waals surface area contributed by atoms with Crippen molar-refractivity contribution in [3.05, 3.63) is 0 Å². The molecule has 0 saturated carbocycles. The second-order valence-corrected chi connectivity index (χ2v) is 7.23. The summed E-state index contributed by atoms with van der Waals surface area (Å²) in [6.45, 7) is -1.02. The van der Waals surface area contributed by atoms with Crippen LogP contribution in [0.25, 0.3) is 0 Å². The topological polar surface area (TPSA) is 282 Å². The maximum absolute atomic E-state index is 12.6. The largest absolute Gasteiger partial charge is 0.480 e. The minimum absolute atomic E-state index is 0.0937. The standard InChI is InChI=1S/C18H36N8O7/c19-6-2-1-5-11(15(30)26-13(9-28)17(32)33)24-16(31)12(8-27)25-14(29)10(20)4-3-7-23-18(21)22/h10-13,27-28H,1-9,19-20H2,(H,24,31)(H,25,29)(H,26,30)(H,32,33)(H4,21,22,23). The van der Waals surface area contributed by atoms with Crippen molar-refractivity contribution >= 4 is 29.7 Å². The molecule has 15 heteroatoms. The van der Waals surface area contributed by atoms with E-state index in [4.69, 9.17) is 33.1 Å². The maximum atomic E-state index is 12.6. The number of carboxylic acid groups (broad SMARTS) is 1. The monoisotopic (exact) mass is 476 g/mol. The van der Waals surface area contributed by atoms with Crippen LogP contribution in [0.5, 0.6) is 0 Å². The molecule has 0 aromatic rings. The number of nitrogens with two attached hydrogens (primary N) is 4. The van der Waals surface area contributed by atoms with Gasteiger partial charge < -0.3 is 54.2 Å². The van der Waals surface area contributed by atoms with Crippen LogP contribution in [0.1, 0.15) is 32.1 Å². The van der Waals surface area contributed by atoms with Gasteiger partial charge in [-0.1, -0.05) is 0 Å². The van der Waals surface area contributed by atoms with E-state index in [-0.39, 0.29) is 25.3 Å². The highest BCUT2D eigenvalue weighted by atomic mass is 16.4. The fraction of sp³-hybridized carbons (Fsp3) is 0.722. The van der Waals surface area contributed by atoms with Crippen LogP contribution in [0.3, 0.4) is 0 Å². The Labute approximate surface area is 191 Å². The number of guanidine groups is 1. The minimum Gasteiger partial charge on any atom is -0.480 e. The summed E-state index contributed by atoms with van der Waals surface area (Å²) in [5, 5.41) is 34.4. The SMILES string of the molecule is NCCCCC(NC(=O)C(CO)NC(=O)C(N)CCCN=C(N)N)C(=O)NC(CO)C(=O)O. The first-order chi connectivity index (χ1) is 15.6. The van der Waals surface area contributed by atoms with Crippen LogP contribution in [0, 0.1) is 0 Å². The zero-order valence-corrected chi connectivity index (χ0v) is 18.4. The first-order valence-corrected chi connectivity index (χ1v) is 10.4. The number of nitrogens with zero attached hydrogens (tertiary/aromatic N) is 1. The van der Waals surface area contributed by atoms with Gasteiger partial charge in [-0.3, -0.25) is 19.4 Å². The molecule has 4 unspecified atom stereocenters. The average molecular weight is 477 g/mol. The van der Waals surface area contributed by atoms with Gasteiger partial charge in [-0.25, -0.2) is 4.79 Å². The number of hydrogen-bond donors (Lipinski definition) is 10. The Kier molecular flexibility index (Phi) is 15.1. The van der Waals surface area contributed by atoms with Crippen LogP contribution in [0.4, 0.5) is 0 Å². The van der Waals surface area contributed by atoms with Crippen molar-refractivity contribution in [1.82, 2.24) is 16.0 Å². The number of amides is 3. The first-order valence-electron chi connectivity index (χ1n) is 10.4. The van der Waals surface area contributed by atoms with E-state index in [2.05, 4.69) is 20.9 Å². The summed E-state index contributed by atoms with van der Waals surface area (Å²) in [4.78, 5) is 52.1. The number of aliphatic imine (C=N–C) groups is 1. The molecule has 0 radical (unpaired) electrons. The fourth-order valence-electron chi connectivity index (χ4n) is 2.62. The Morgan fingerprint density at radius 1 is 0.788 bits per heavy atom. The van der Waals surface area contributed by atoms with Gasteiger partial charge in [0.1, 0.15) is 18.1 Å². The quantitative estimate of drug-likeness (QED) is 0.0538. The van der Waals surface area contributed by atoms with Gasteiger partial charge in [-0.15, -0.1) is 0 Å². The molecule has 0 aliphatic rings. The molecule has 0 spiro atoms. The third-order valence-electron chi connectivity index (χ3n) is 4.50. The third kappa shape index (κ3) is 12.6. The van der Waals surface area contributed by atoms with Crippen molar-refractivity contribution in [2.75, 3.05) is 26.3 Å². The number of carbonyl (C=O) groups excluding carboxylic acids is 3. The Bertz CT molecular complexity index is 672. The van der Waals surface area contributed by atoms with Gasteiger partial charge in [0, 0.05) is 6.54 Å². The van der Waals surface area contributed by atoms with Crippen molar-refractivity contribution in [1.29, 1.82) is 0 Å². The fourth-order valence-corrected chi connectivity index (χ4v) is 2.62. The zero-order valence-electron chi connectivity index (χ0n) is 18.4. The zero-order chi connectivity index (χ0) is 25.4. The summed E-state index contributed by atoms with van der Waals surface area (Å²) in [5.74, 6) is -3.97. The summed E-state index contributed by atoms with van der Waals surface area (Å²) in [6.07, 6.45) is 1.70. The van der Waals surface area contributed by atoms with Gasteiger partial charge in [-0.05, 0) is 38.6 Å². The molecule has 3 amide bonds. The van der Waals surface area contributed by atoms with E-state index in [1.807, 2.05) is 0 Å². The number of unbranched alkanes of at least 4 members (excludes halogenated alkanes) is 1. The second-order valence-electron chi connectivity index (χ2n) is 7.23. The van der Waals surface area contributed by atoms with Gasteiger partial charge >= 0.3 is 5.97 Å². The number of hydrogen-bond acceptors (Lipinski definition) is 9. The lowest BCUT2D eigenvalue weighted by Gasteiger charge is -2.24. The highest BCUT2D eigenvalue weighted by molar-refractivity contribution is 5.94. The lowest BCUT2D eigenvalue weighted by atomic mass is 10.1. The number of nitrogens with one attached hydrogen (secondary N) is 3. The van der Waals surface area contributed by atoms with Crippen molar-refractivity contribution in [2.45, 2.75) is 56.3 Å². The van der Waals surface area contributed by atoms with Crippen LogP contribution in [-0.2, 0) is 19.2 Å². The lowest BCUT2D eigenvalue weighted by Crippen LogP contribution is -2.58. The third-order valence-corrected chi connectivity index (χ3v) is 4.50. The number of aliphatic hydroxyl groups is 2. The van der Waals surface area contributed by atoms with Crippen LogP contribution in [-0.4, -0.2) is 95.4 Å². The van der Waals surface area contributed by atoms with Gasteiger partial charge in [0.05, 0.1) is 19.3 Å². The summed E-state index contributed by atoms with van der Waals surface area (Å²) < 4.78 is 0. The predicted molar refractivity (Wildman–Crippen MR) is 118 cm³/mol. The molecule has 0 heterocycles. The van der Waals surface area contributed by atoms with Crippen LogP contribution < -0.4 is 38.9 Å². The number of aliphatic hydroxyl groups excluding tert-OH is 2. The molecule has 14 N–H and O–H groups in total. The number of aliphatic carboxylic acids is 1. The smallest absolute Gasteiger partial charge is 0.328 e. The number of carbonyl (C=O) groups is 4. The average Bonchev–Trinajstić information content (AvgIpc) is 2.76. The second kappa shape index (κ2) is 16.6. The first kappa shape index (κ1) is 30.0. The van der Waals surface area contributed by atoms with Crippen molar-refractivity contribution in [2.24, 2.45) is 27.9 Å². The summed E-state index contributed by atoms with van der Waals surface area (Å²) in [6, 6.07) is -5.14. The van der Waals surface area contributed by atoms with Crippen LogP contribution in [0.15, 0.2) is 4.99 Å². The Balaban J connectivity index is 5.05. The summed E-state index contributed by atoms with van der Waals surface area (Å²) >= 11 is 0. The Hall–Kier alpha value is -3.01. The van der Waals surface area contributed by atoms with E-state index in [0.29, 0.717) is 25.8 Å². The van der Waals surface area contributed by atoms with E-state index in [9.17, 15) is 24.3 Å². The Morgan fingerprint density at radius 3 is 1.85 bits per heavy atom. The molecule has 33 heavy (non-hydrogen) atoms. The van der Waals surface area contributed by atoms with Crippen molar-refractivity contribution in [3.8, 4) is 0 Å². The van der Waals surface area contributed by atoms with Gasteiger partial charge in [0.15, 0.2) is 5.96 Å². The molecule has 0 fully saturated rings. The van der Waals surface area contributed by atoms with E-state index in [1.165, 1.54) is 0 Å². The van der Waals surface area contributed by atoms with E-state index in [0.717, 1.165) is 0 Å². The molecule has 190 valence electrons. The molecular formula is C18H36N8O7. The van der Waals surface area contributed by atoms with E-state index < -0.39 is 61.1 Å². The number of rotatable bonds is 17. The molecule has 0 bridgehead atoms. The summed E-state index contributed by atoms with van der Waals surface area (Å²) in [7, 11) is 0. The molecule has 4 atom stereocenters.